The van der Waals surface area contributed by atoms with E-state index in [0.29, 0.717) is 5.75 Å². The van der Waals surface area contributed by atoms with Gasteiger partial charge >= 0.3 is 6.18 Å². The van der Waals surface area contributed by atoms with E-state index in [0.717, 1.165) is 17.2 Å². The van der Waals surface area contributed by atoms with E-state index >= 15 is 0 Å². The molecule has 0 aliphatic rings. The fraction of sp³-hybridized carbons (Fsp3) is 0.250. The van der Waals surface area contributed by atoms with E-state index in [1.807, 2.05) is 19.9 Å². The second-order valence-electron chi connectivity index (χ2n) is 4.82. The van der Waals surface area contributed by atoms with Gasteiger partial charge in [-0.15, -0.1) is 0 Å². The van der Waals surface area contributed by atoms with Crippen molar-refractivity contribution >= 4 is 0 Å². The van der Waals surface area contributed by atoms with Crippen LogP contribution in [0.25, 0.3) is 0 Å². The molecular weight excluding hydrogens is 281 g/mol. The molecule has 0 fully saturated rings. The number of ether oxygens (including phenoxy) is 1. The number of aliphatic hydroxyl groups excluding tert-OH is 1. The van der Waals surface area contributed by atoms with Crippen molar-refractivity contribution in [2.45, 2.75) is 26.6 Å². The second kappa shape index (κ2) is 5.77. The molecule has 2 rings (SSSR count). The van der Waals surface area contributed by atoms with Crippen LogP contribution in [-0.4, -0.2) is 5.11 Å². The third-order valence-corrected chi connectivity index (χ3v) is 3.27. The molecule has 0 heterocycles. The summed E-state index contributed by atoms with van der Waals surface area (Å²) in [6.07, 6.45) is -4.53. The maximum atomic E-state index is 12.9. The maximum Gasteiger partial charge on any atom is 0.416 e. The Hall–Kier alpha value is -2.01. The minimum Gasteiger partial charge on any atom is -0.457 e. The lowest BCUT2D eigenvalue weighted by molar-refractivity contribution is -0.138. The van der Waals surface area contributed by atoms with Crippen molar-refractivity contribution in [1.82, 2.24) is 0 Å². The summed E-state index contributed by atoms with van der Waals surface area (Å²) < 4.78 is 44.2. The molecule has 2 aromatic rings. The van der Waals surface area contributed by atoms with Crippen molar-refractivity contribution in [2.75, 3.05) is 0 Å². The molecule has 112 valence electrons. The Bertz CT molecular complexity index is 648. The second-order valence-corrected chi connectivity index (χ2v) is 4.82. The van der Waals surface area contributed by atoms with Gasteiger partial charge < -0.3 is 9.84 Å². The molecular formula is C16H15F3O2. The molecule has 21 heavy (non-hydrogen) atoms. The predicted molar refractivity (Wildman–Crippen MR) is 73.4 cm³/mol. The van der Waals surface area contributed by atoms with Crippen molar-refractivity contribution in [1.29, 1.82) is 0 Å². The van der Waals surface area contributed by atoms with Gasteiger partial charge in [0.1, 0.15) is 11.5 Å². The average molecular weight is 296 g/mol. The first kappa shape index (κ1) is 15.4. The van der Waals surface area contributed by atoms with E-state index in [2.05, 4.69) is 0 Å². The molecule has 0 aromatic heterocycles. The summed E-state index contributed by atoms with van der Waals surface area (Å²) in [5, 5.41) is 8.99. The first-order valence-electron chi connectivity index (χ1n) is 6.37. The average Bonchev–Trinajstić information content (AvgIpc) is 2.42. The Morgan fingerprint density at radius 2 is 1.57 bits per heavy atom. The molecule has 0 saturated heterocycles. The largest absolute Gasteiger partial charge is 0.457 e. The first-order valence-corrected chi connectivity index (χ1v) is 6.37. The fourth-order valence-corrected chi connectivity index (χ4v) is 1.93. The first-order chi connectivity index (χ1) is 9.81. The standard InChI is InChI=1S/C16H15F3O2/c1-10-3-5-13(7-11(10)2)21-14-6-4-12(9-20)15(8-14)16(17,18)19/h3-8,20H,9H2,1-2H3. The molecule has 5 heteroatoms. The lowest BCUT2D eigenvalue weighted by Crippen LogP contribution is -2.09. The minimum absolute atomic E-state index is 0.0859. The summed E-state index contributed by atoms with van der Waals surface area (Å²) in [5.74, 6) is 0.561. The molecule has 2 nitrogen and oxygen atoms in total. The molecule has 0 unspecified atom stereocenters. The third-order valence-electron chi connectivity index (χ3n) is 3.27. The summed E-state index contributed by atoms with van der Waals surface area (Å²) >= 11 is 0. The van der Waals surface area contributed by atoms with Crippen LogP contribution in [-0.2, 0) is 12.8 Å². The van der Waals surface area contributed by atoms with Gasteiger partial charge in [0.2, 0.25) is 0 Å². The van der Waals surface area contributed by atoms with Gasteiger partial charge in [-0.25, -0.2) is 0 Å². The highest BCUT2D eigenvalue weighted by molar-refractivity contribution is 5.41. The Labute approximate surface area is 120 Å². The molecule has 0 amide bonds. The highest BCUT2D eigenvalue weighted by Gasteiger charge is 2.33. The van der Waals surface area contributed by atoms with E-state index in [1.165, 1.54) is 12.1 Å². The van der Waals surface area contributed by atoms with Gasteiger partial charge in [0.25, 0.3) is 0 Å². The van der Waals surface area contributed by atoms with Crippen LogP contribution in [0.5, 0.6) is 11.5 Å². The van der Waals surface area contributed by atoms with Gasteiger partial charge in [0, 0.05) is 0 Å². The summed E-state index contributed by atoms with van der Waals surface area (Å²) in [4.78, 5) is 0. The summed E-state index contributed by atoms with van der Waals surface area (Å²) in [6.45, 7) is 3.17. The van der Waals surface area contributed by atoms with Crippen molar-refractivity contribution < 1.29 is 23.0 Å². The van der Waals surface area contributed by atoms with Gasteiger partial charge in [-0.2, -0.15) is 13.2 Å². The van der Waals surface area contributed by atoms with Crippen molar-refractivity contribution in [3.8, 4) is 11.5 Å². The normalized spacial score (nSPS) is 11.5. The van der Waals surface area contributed by atoms with Crippen LogP contribution in [0.15, 0.2) is 36.4 Å². The van der Waals surface area contributed by atoms with Crippen LogP contribution in [0.3, 0.4) is 0 Å². The quantitative estimate of drug-likeness (QED) is 0.896. The molecule has 0 spiro atoms. The highest BCUT2D eigenvalue weighted by Crippen LogP contribution is 2.35. The van der Waals surface area contributed by atoms with Crippen molar-refractivity contribution in [3.05, 3.63) is 58.7 Å². The zero-order chi connectivity index (χ0) is 15.6. The van der Waals surface area contributed by atoms with Crippen LogP contribution in [0.1, 0.15) is 22.3 Å². The van der Waals surface area contributed by atoms with Crippen molar-refractivity contribution in [2.24, 2.45) is 0 Å². The number of hydrogen-bond donors (Lipinski definition) is 1. The van der Waals surface area contributed by atoms with Crippen LogP contribution in [0.2, 0.25) is 0 Å². The molecule has 2 aromatic carbocycles. The van der Waals surface area contributed by atoms with Crippen molar-refractivity contribution in [3.63, 3.8) is 0 Å². The lowest BCUT2D eigenvalue weighted by atomic mass is 10.1. The molecule has 0 aliphatic heterocycles. The number of hydrogen-bond acceptors (Lipinski definition) is 2. The summed E-state index contributed by atoms with van der Waals surface area (Å²) in [7, 11) is 0. The number of rotatable bonds is 3. The number of alkyl halides is 3. The number of benzene rings is 2. The molecule has 0 aliphatic carbocycles. The minimum atomic E-state index is -4.53. The van der Waals surface area contributed by atoms with E-state index in [9.17, 15) is 13.2 Å². The SMILES string of the molecule is Cc1ccc(Oc2ccc(CO)c(C(F)(F)F)c2)cc1C. The topological polar surface area (TPSA) is 29.5 Å². The van der Waals surface area contributed by atoms with E-state index in [4.69, 9.17) is 9.84 Å². The van der Waals surface area contributed by atoms with E-state index in [-0.39, 0.29) is 11.3 Å². The van der Waals surface area contributed by atoms with E-state index < -0.39 is 18.3 Å². The fourth-order valence-electron chi connectivity index (χ4n) is 1.93. The summed E-state index contributed by atoms with van der Waals surface area (Å²) in [6, 6.07) is 8.85. The zero-order valence-electron chi connectivity index (χ0n) is 11.7. The van der Waals surface area contributed by atoms with Gasteiger partial charge in [0.15, 0.2) is 0 Å². The number of halogens is 3. The van der Waals surface area contributed by atoms with Crippen LogP contribution in [0.4, 0.5) is 13.2 Å². The molecule has 1 N–H and O–H groups in total. The highest BCUT2D eigenvalue weighted by atomic mass is 19.4. The van der Waals surface area contributed by atoms with Gasteiger partial charge in [0.05, 0.1) is 12.2 Å². The van der Waals surface area contributed by atoms with Gasteiger partial charge in [-0.3, -0.25) is 0 Å². The Morgan fingerprint density at radius 3 is 2.14 bits per heavy atom. The summed E-state index contributed by atoms with van der Waals surface area (Å²) in [5.41, 5.74) is 1.02. The molecule has 0 bridgehead atoms. The molecule has 0 atom stereocenters. The smallest absolute Gasteiger partial charge is 0.416 e. The maximum absolute atomic E-state index is 12.9. The number of aryl methyl sites for hydroxylation is 2. The zero-order valence-corrected chi connectivity index (χ0v) is 11.7. The van der Waals surface area contributed by atoms with Crippen LogP contribution < -0.4 is 4.74 Å². The van der Waals surface area contributed by atoms with Crippen LogP contribution in [0, 0.1) is 13.8 Å². The lowest BCUT2D eigenvalue weighted by Gasteiger charge is -2.14. The predicted octanol–water partition coefficient (Wildman–Crippen LogP) is 4.61. The molecule has 0 saturated carbocycles. The Kier molecular flexibility index (Phi) is 4.23. The van der Waals surface area contributed by atoms with Gasteiger partial charge in [-0.1, -0.05) is 12.1 Å². The van der Waals surface area contributed by atoms with E-state index in [1.54, 1.807) is 12.1 Å². The molecule has 0 radical (unpaired) electrons. The number of aliphatic hydroxyl groups is 1. The Morgan fingerprint density at radius 1 is 0.952 bits per heavy atom. The monoisotopic (exact) mass is 296 g/mol. The van der Waals surface area contributed by atoms with Crippen LogP contribution >= 0.6 is 0 Å². The Balaban J connectivity index is 2.34. The van der Waals surface area contributed by atoms with Gasteiger partial charge in [-0.05, 0) is 54.8 Å². The third kappa shape index (κ3) is 3.55.